The number of hydrogen-bond acceptors (Lipinski definition) is 3. The van der Waals surface area contributed by atoms with Crippen molar-refractivity contribution in [3.05, 3.63) is 23.8 Å². The molecule has 4 nitrogen and oxygen atoms in total. The molecule has 1 aromatic carbocycles. The van der Waals surface area contributed by atoms with Gasteiger partial charge in [-0.1, -0.05) is 6.92 Å². The zero-order valence-corrected chi connectivity index (χ0v) is 11.6. The first-order valence-electron chi connectivity index (χ1n) is 6.30. The standard InChI is InChI=1S/C14H22N2O2/c1-5-10(3)16(4)14(17)11-7-12(15)9-13(8-11)18-6-2/h7-10H,5-6,15H2,1-4H3. The van der Waals surface area contributed by atoms with Gasteiger partial charge in [0, 0.05) is 30.4 Å². The number of ether oxygens (including phenoxy) is 1. The molecule has 1 unspecified atom stereocenters. The first-order valence-corrected chi connectivity index (χ1v) is 6.30. The van der Waals surface area contributed by atoms with Gasteiger partial charge in [-0.2, -0.15) is 0 Å². The van der Waals surface area contributed by atoms with Gasteiger partial charge in [0.05, 0.1) is 6.61 Å². The van der Waals surface area contributed by atoms with Crippen molar-refractivity contribution in [1.29, 1.82) is 0 Å². The second-order valence-corrected chi connectivity index (χ2v) is 4.40. The Bertz CT molecular complexity index is 418. The van der Waals surface area contributed by atoms with E-state index in [2.05, 4.69) is 6.92 Å². The van der Waals surface area contributed by atoms with Crippen LogP contribution in [0, 0.1) is 0 Å². The largest absolute Gasteiger partial charge is 0.494 e. The SMILES string of the molecule is CCOc1cc(N)cc(C(=O)N(C)C(C)CC)c1. The minimum Gasteiger partial charge on any atom is -0.494 e. The van der Waals surface area contributed by atoms with Crippen molar-refractivity contribution in [2.75, 3.05) is 19.4 Å². The summed E-state index contributed by atoms with van der Waals surface area (Å²) in [4.78, 5) is 14.0. The van der Waals surface area contributed by atoms with E-state index in [4.69, 9.17) is 10.5 Å². The van der Waals surface area contributed by atoms with E-state index in [1.807, 2.05) is 13.8 Å². The van der Waals surface area contributed by atoms with Crippen molar-refractivity contribution >= 4 is 11.6 Å². The van der Waals surface area contributed by atoms with Crippen LogP contribution in [0.25, 0.3) is 0 Å². The number of nitrogen functional groups attached to an aromatic ring is 1. The quantitative estimate of drug-likeness (QED) is 0.817. The molecule has 18 heavy (non-hydrogen) atoms. The lowest BCUT2D eigenvalue weighted by atomic mass is 10.1. The summed E-state index contributed by atoms with van der Waals surface area (Å²) in [5.74, 6) is 0.607. The van der Waals surface area contributed by atoms with Crippen molar-refractivity contribution in [3.8, 4) is 5.75 Å². The van der Waals surface area contributed by atoms with Crippen LogP contribution >= 0.6 is 0 Å². The fraction of sp³-hybridized carbons (Fsp3) is 0.500. The second-order valence-electron chi connectivity index (χ2n) is 4.40. The molecule has 0 fully saturated rings. The molecule has 4 heteroatoms. The molecule has 0 aliphatic heterocycles. The summed E-state index contributed by atoms with van der Waals surface area (Å²) < 4.78 is 5.39. The van der Waals surface area contributed by atoms with E-state index in [0.717, 1.165) is 6.42 Å². The smallest absolute Gasteiger partial charge is 0.254 e. The highest BCUT2D eigenvalue weighted by atomic mass is 16.5. The Morgan fingerprint density at radius 1 is 1.39 bits per heavy atom. The third kappa shape index (κ3) is 3.39. The summed E-state index contributed by atoms with van der Waals surface area (Å²) in [5.41, 5.74) is 6.90. The van der Waals surface area contributed by atoms with Gasteiger partial charge >= 0.3 is 0 Å². The fourth-order valence-corrected chi connectivity index (χ4v) is 1.67. The van der Waals surface area contributed by atoms with E-state index in [9.17, 15) is 4.79 Å². The highest BCUT2D eigenvalue weighted by molar-refractivity contribution is 5.95. The first-order chi connectivity index (χ1) is 8.49. The van der Waals surface area contributed by atoms with Crippen molar-refractivity contribution in [2.24, 2.45) is 0 Å². The predicted molar refractivity (Wildman–Crippen MR) is 73.9 cm³/mol. The van der Waals surface area contributed by atoms with Crippen LogP contribution < -0.4 is 10.5 Å². The van der Waals surface area contributed by atoms with Crippen molar-refractivity contribution < 1.29 is 9.53 Å². The van der Waals surface area contributed by atoms with Crippen molar-refractivity contribution in [3.63, 3.8) is 0 Å². The number of carbonyl (C=O) groups excluding carboxylic acids is 1. The molecule has 0 heterocycles. The monoisotopic (exact) mass is 250 g/mol. The molecule has 2 N–H and O–H groups in total. The van der Waals surface area contributed by atoms with E-state index in [1.165, 1.54) is 0 Å². The summed E-state index contributed by atoms with van der Waals surface area (Å²) in [6.07, 6.45) is 0.920. The van der Waals surface area contributed by atoms with Crippen LogP contribution in [0.5, 0.6) is 5.75 Å². The van der Waals surface area contributed by atoms with Gasteiger partial charge in [-0.05, 0) is 32.4 Å². The van der Waals surface area contributed by atoms with Crippen LogP contribution in [0.15, 0.2) is 18.2 Å². The minimum atomic E-state index is -0.0300. The lowest BCUT2D eigenvalue weighted by Gasteiger charge is -2.24. The molecule has 0 aromatic heterocycles. The topological polar surface area (TPSA) is 55.6 Å². The van der Waals surface area contributed by atoms with Crippen molar-refractivity contribution in [2.45, 2.75) is 33.2 Å². The highest BCUT2D eigenvalue weighted by Crippen LogP contribution is 2.20. The Hall–Kier alpha value is -1.71. The number of amides is 1. The lowest BCUT2D eigenvalue weighted by molar-refractivity contribution is 0.0740. The summed E-state index contributed by atoms with van der Waals surface area (Å²) in [6, 6.07) is 5.35. The second kappa shape index (κ2) is 6.28. The zero-order valence-electron chi connectivity index (χ0n) is 11.6. The van der Waals surface area contributed by atoms with E-state index in [1.54, 1.807) is 30.1 Å². The molecule has 0 saturated heterocycles. The van der Waals surface area contributed by atoms with Gasteiger partial charge in [-0.3, -0.25) is 4.79 Å². The molecule has 0 radical (unpaired) electrons. The number of nitrogens with two attached hydrogens (primary N) is 1. The molecular weight excluding hydrogens is 228 g/mol. The van der Waals surface area contributed by atoms with Crippen LogP contribution in [-0.2, 0) is 0 Å². The summed E-state index contributed by atoms with van der Waals surface area (Å²) in [5, 5.41) is 0. The Labute approximate surface area is 109 Å². The predicted octanol–water partition coefficient (Wildman–Crippen LogP) is 2.54. The molecule has 1 atom stereocenters. The molecular formula is C14H22N2O2. The normalized spacial score (nSPS) is 12.0. The molecule has 0 aliphatic rings. The maximum absolute atomic E-state index is 12.3. The fourth-order valence-electron chi connectivity index (χ4n) is 1.67. The summed E-state index contributed by atoms with van der Waals surface area (Å²) >= 11 is 0. The van der Waals surface area contributed by atoms with E-state index in [0.29, 0.717) is 23.6 Å². The van der Waals surface area contributed by atoms with Crippen LogP contribution in [0.3, 0.4) is 0 Å². The summed E-state index contributed by atoms with van der Waals surface area (Å²) in [7, 11) is 1.81. The Kier molecular flexibility index (Phi) is 5.01. The minimum absolute atomic E-state index is 0.0300. The maximum Gasteiger partial charge on any atom is 0.254 e. The zero-order chi connectivity index (χ0) is 13.7. The first kappa shape index (κ1) is 14.4. The summed E-state index contributed by atoms with van der Waals surface area (Å²) in [6.45, 7) is 6.53. The number of nitrogens with zero attached hydrogens (tertiary/aromatic N) is 1. The Morgan fingerprint density at radius 2 is 2.06 bits per heavy atom. The molecule has 1 amide bonds. The lowest BCUT2D eigenvalue weighted by Crippen LogP contribution is -2.34. The average Bonchev–Trinajstić information content (AvgIpc) is 2.35. The third-order valence-electron chi connectivity index (χ3n) is 3.06. The molecule has 100 valence electrons. The van der Waals surface area contributed by atoms with Gasteiger partial charge in [0.25, 0.3) is 5.91 Å². The number of benzene rings is 1. The Morgan fingerprint density at radius 3 is 2.61 bits per heavy atom. The van der Waals surface area contributed by atoms with Crippen LogP contribution in [0.2, 0.25) is 0 Å². The molecule has 0 aliphatic carbocycles. The van der Waals surface area contributed by atoms with Gasteiger partial charge in [-0.15, -0.1) is 0 Å². The van der Waals surface area contributed by atoms with Gasteiger partial charge < -0.3 is 15.4 Å². The molecule has 0 bridgehead atoms. The highest BCUT2D eigenvalue weighted by Gasteiger charge is 2.17. The van der Waals surface area contributed by atoms with Crippen molar-refractivity contribution in [1.82, 2.24) is 4.90 Å². The average molecular weight is 250 g/mol. The number of hydrogen-bond donors (Lipinski definition) is 1. The molecule has 0 saturated carbocycles. The molecule has 0 spiro atoms. The van der Waals surface area contributed by atoms with Gasteiger partial charge in [0.2, 0.25) is 0 Å². The van der Waals surface area contributed by atoms with E-state index < -0.39 is 0 Å². The van der Waals surface area contributed by atoms with Crippen LogP contribution in [-0.4, -0.2) is 30.5 Å². The third-order valence-corrected chi connectivity index (χ3v) is 3.06. The molecule has 1 rings (SSSR count). The van der Waals surface area contributed by atoms with Gasteiger partial charge in [0.1, 0.15) is 5.75 Å². The van der Waals surface area contributed by atoms with Crippen LogP contribution in [0.1, 0.15) is 37.6 Å². The van der Waals surface area contributed by atoms with Gasteiger partial charge in [-0.25, -0.2) is 0 Å². The number of carbonyl (C=O) groups is 1. The van der Waals surface area contributed by atoms with Crippen LogP contribution in [0.4, 0.5) is 5.69 Å². The van der Waals surface area contributed by atoms with E-state index in [-0.39, 0.29) is 11.9 Å². The van der Waals surface area contributed by atoms with Gasteiger partial charge in [0.15, 0.2) is 0 Å². The molecule has 1 aromatic rings. The number of rotatable bonds is 5. The Balaban J connectivity index is 2.98. The van der Waals surface area contributed by atoms with E-state index >= 15 is 0 Å². The maximum atomic E-state index is 12.3. The number of anilines is 1.